The Kier molecular flexibility index (Phi) is 5.96. The third-order valence-electron chi connectivity index (χ3n) is 4.52. The van der Waals surface area contributed by atoms with Gasteiger partial charge in [0.05, 0.1) is 0 Å². The molecule has 0 saturated carbocycles. The molecule has 1 fully saturated rings. The predicted octanol–water partition coefficient (Wildman–Crippen LogP) is 3.64. The number of amides is 1. The van der Waals surface area contributed by atoms with Crippen LogP contribution in [0.3, 0.4) is 0 Å². The molecule has 1 saturated heterocycles. The highest BCUT2D eigenvalue weighted by Gasteiger charge is 2.13. The number of aromatic nitrogens is 1. The molecule has 0 radical (unpaired) electrons. The van der Waals surface area contributed by atoms with Gasteiger partial charge in [0.1, 0.15) is 0 Å². The van der Waals surface area contributed by atoms with Crippen LogP contribution in [-0.2, 0) is 17.8 Å². The van der Waals surface area contributed by atoms with E-state index in [1.807, 2.05) is 30.3 Å². The van der Waals surface area contributed by atoms with Gasteiger partial charge in [-0.25, -0.2) is 0 Å². The molecule has 126 valence electrons. The maximum atomic E-state index is 12.3. The molecule has 1 aliphatic heterocycles. The molecule has 24 heavy (non-hydrogen) atoms. The summed E-state index contributed by atoms with van der Waals surface area (Å²) in [5.41, 5.74) is 3.29. The Morgan fingerprint density at radius 2 is 1.79 bits per heavy atom. The standard InChI is InChI=1S/C20H25N3O/c24-20(9-8-17-10-12-21-13-11-17)22-19-7-3-2-6-18(19)16-23-14-4-1-5-15-23/h2-3,6-7,10-13H,1,4-5,8-9,14-16H2,(H,22,24). The number of aryl methyl sites for hydroxylation is 1. The number of nitrogens with zero attached hydrogens (tertiary/aromatic N) is 2. The van der Waals surface area contributed by atoms with Crippen molar-refractivity contribution < 1.29 is 4.79 Å². The second kappa shape index (κ2) is 8.60. The normalized spacial score (nSPS) is 15.2. The number of anilines is 1. The first kappa shape index (κ1) is 16.7. The van der Waals surface area contributed by atoms with Crippen molar-refractivity contribution in [2.45, 2.75) is 38.6 Å². The summed E-state index contributed by atoms with van der Waals surface area (Å²) in [6, 6.07) is 12.1. The summed E-state index contributed by atoms with van der Waals surface area (Å²) in [5, 5.41) is 3.09. The molecule has 1 N–H and O–H groups in total. The largest absolute Gasteiger partial charge is 0.326 e. The average molecular weight is 323 g/mol. The molecule has 2 heterocycles. The Morgan fingerprint density at radius 1 is 1.04 bits per heavy atom. The van der Waals surface area contributed by atoms with Gasteiger partial charge in [-0.2, -0.15) is 0 Å². The van der Waals surface area contributed by atoms with E-state index in [0.717, 1.165) is 37.3 Å². The summed E-state index contributed by atoms with van der Waals surface area (Å²) in [6.45, 7) is 3.23. The van der Waals surface area contributed by atoms with E-state index in [1.54, 1.807) is 12.4 Å². The predicted molar refractivity (Wildman–Crippen MR) is 96.8 cm³/mol. The third-order valence-corrected chi connectivity index (χ3v) is 4.52. The number of rotatable bonds is 6. The van der Waals surface area contributed by atoms with Gasteiger partial charge in [-0.05, 0) is 61.7 Å². The second-order valence-corrected chi connectivity index (χ2v) is 6.40. The van der Waals surface area contributed by atoms with Crippen LogP contribution in [0.5, 0.6) is 0 Å². The minimum atomic E-state index is 0.0675. The van der Waals surface area contributed by atoms with Crippen molar-refractivity contribution in [3.8, 4) is 0 Å². The monoisotopic (exact) mass is 323 g/mol. The van der Waals surface area contributed by atoms with E-state index in [0.29, 0.717) is 6.42 Å². The topological polar surface area (TPSA) is 45.2 Å². The molecule has 4 nitrogen and oxygen atoms in total. The molecule has 0 aliphatic carbocycles. The molecular formula is C20H25N3O. The minimum absolute atomic E-state index is 0.0675. The van der Waals surface area contributed by atoms with E-state index < -0.39 is 0 Å². The number of piperidine rings is 1. The van der Waals surface area contributed by atoms with Gasteiger partial charge in [-0.15, -0.1) is 0 Å². The zero-order chi connectivity index (χ0) is 16.6. The van der Waals surface area contributed by atoms with E-state index in [1.165, 1.54) is 24.8 Å². The number of para-hydroxylation sites is 1. The van der Waals surface area contributed by atoms with Crippen molar-refractivity contribution in [3.05, 3.63) is 59.9 Å². The smallest absolute Gasteiger partial charge is 0.224 e. The number of hydrogen-bond donors (Lipinski definition) is 1. The summed E-state index contributed by atoms with van der Waals surface area (Å²) in [6.07, 6.45) is 8.65. The fraction of sp³-hybridized carbons (Fsp3) is 0.400. The number of carbonyl (C=O) groups excluding carboxylic acids is 1. The Bertz CT molecular complexity index is 651. The molecule has 1 amide bonds. The van der Waals surface area contributed by atoms with E-state index in [4.69, 9.17) is 0 Å². The second-order valence-electron chi connectivity index (χ2n) is 6.40. The Labute approximate surface area is 143 Å². The fourth-order valence-corrected chi connectivity index (χ4v) is 3.16. The van der Waals surface area contributed by atoms with Gasteiger partial charge in [0.2, 0.25) is 5.91 Å². The fourth-order valence-electron chi connectivity index (χ4n) is 3.16. The van der Waals surface area contributed by atoms with Crippen LogP contribution in [0.25, 0.3) is 0 Å². The van der Waals surface area contributed by atoms with Crippen LogP contribution in [0.1, 0.15) is 36.8 Å². The highest BCUT2D eigenvalue weighted by molar-refractivity contribution is 5.91. The third kappa shape index (κ3) is 4.90. The lowest BCUT2D eigenvalue weighted by Gasteiger charge is -2.27. The summed E-state index contributed by atoms with van der Waals surface area (Å²) in [7, 11) is 0. The number of likely N-dealkylation sites (tertiary alicyclic amines) is 1. The van der Waals surface area contributed by atoms with Crippen LogP contribution in [0, 0.1) is 0 Å². The zero-order valence-electron chi connectivity index (χ0n) is 14.1. The van der Waals surface area contributed by atoms with Gasteiger partial charge in [-0.1, -0.05) is 24.6 Å². The molecule has 1 aliphatic rings. The van der Waals surface area contributed by atoms with Crippen LogP contribution < -0.4 is 5.32 Å². The van der Waals surface area contributed by atoms with Crippen molar-refractivity contribution in [2.75, 3.05) is 18.4 Å². The van der Waals surface area contributed by atoms with Gasteiger partial charge in [0.25, 0.3) is 0 Å². The molecular weight excluding hydrogens is 298 g/mol. The minimum Gasteiger partial charge on any atom is -0.326 e. The summed E-state index contributed by atoms with van der Waals surface area (Å²) in [4.78, 5) is 18.8. The van der Waals surface area contributed by atoms with Crippen molar-refractivity contribution in [2.24, 2.45) is 0 Å². The van der Waals surface area contributed by atoms with Crippen molar-refractivity contribution in [3.63, 3.8) is 0 Å². The number of benzene rings is 1. The Balaban J connectivity index is 1.56. The van der Waals surface area contributed by atoms with Gasteiger partial charge < -0.3 is 5.32 Å². The zero-order valence-corrected chi connectivity index (χ0v) is 14.1. The highest BCUT2D eigenvalue weighted by Crippen LogP contribution is 2.20. The molecule has 1 aromatic carbocycles. The molecule has 0 unspecified atom stereocenters. The lowest BCUT2D eigenvalue weighted by atomic mass is 10.1. The first-order chi connectivity index (χ1) is 11.8. The molecule has 0 atom stereocenters. The quantitative estimate of drug-likeness (QED) is 0.883. The average Bonchev–Trinajstić information content (AvgIpc) is 2.63. The van der Waals surface area contributed by atoms with E-state index >= 15 is 0 Å². The van der Waals surface area contributed by atoms with E-state index in [-0.39, 0.29) is 5.91 Å². The van der Waals surface area contributed by atoms with Crippen LogP contribution >= 0.6 is 0 Å². The number of hydrogen-bond acceptors (Lipinski definition) is 3. The highest BCUT2D eigenvalue weighted by atomic mass is 16.1. The van der Waals surface area contributed by atoms with Crippen molar-refractivity contribution in [1.82, 2.24) is 9.88 Å². The molecule has 2 aromatic rings. The SMILES string of the molecule is O=C(CCc1ccncc1)Nc1ccccc1CN1CCCCC1. The first-order valence-corrected chi connectivity index (χ1v) is 8.80. The van der Waals surface area contributed by atoms with Gasteiger partial charge >= 0.3 is 0 Å². The number of pyridine rings is 1. The van der Waals surface area contributed by atoms with Gasteiger partial charge in [0.15, 0.2) is 0 Å². The Hall–Kier alpha value is -2.20. The van der Waals surface area contributed by atoms with Crippen LogP contribution in [-0.4, -0.2) is 28.9 Å². The summed E-state index contributed by atoms with van der Waals surface area (Å²) < 4.78 is 0. The molecule has 4 heteroatoms. The number of carbonyl (C=O) groups is 1. The van der Waals surface area contributed by atoms with Gasteiger partial charge in [-0.3, -0.25) is 14.7 Å². The van der Waals surface area contributed by atoms with Crippen LogP contribution in [0.2, 0.25) is 0 Å². The summed E-state index contributed by atoms with van der Waals surface area (Å²) >= 11 is 0. The number of nitrogens with one attached hydrogen (secondary N) is 1. The molecule has 0 bridgehead atoms. The lowest BCUT2D eigenvalue weighted by molar-refractivity contribution is -0.116. The maximum absolute atomic E-state index is 12.3. The van der Waals surface area contributed by atoms with Crippen LogP contribution in [0.4, 0.5) is 5.69 Å². The van der Waals surface area contributed by atoms with Gasteiger partial charge in [0, 0.05) is 31.0 Å². The molecule has 3 rings (SSSR count). The van der Waals surface area contributed by atoms with E-state index in [2.05, 4.69) is 21.3 Å². The first-order valence-electron chi connectivity index (χ1n) is 8.80. The molecule has 1 aromatic heterocycles. The van der Waals surface area contributed by atoms with E-state index in [9.17, 15) is 4.79 Å². The van der Waals surface area contributed by atoms with Crippen molar-refractivity contribution >= 4 is 11.6 Å². The lowest BCUT2D eigenvalue weighted by Crippen LogP contribution is -2.29. The summed E-state index contributed by atoms with van der Waals surface area (Å²) in [5.74, 6) is 0.0675. The maximum Gasteiger partial charge on any atom is 0.224 e. The molecule has 0 spiro atoms. The van der Waals surface area contributed by atoms with Crippen LogP contribution in [0.15, 0.2) is 48.8 Å². The van der Waals surface area contributed by atoms with Crippen molar-refractivity contribution in [1.29, 1.82) is 0 Å². The Morgan fingerprint density at radius 3 is 2.58 bits per heavy atom.